The van der Waals surface area contributed by atoms with Gasteiger partial charge in [-0.25, -0.2) is 9.78 Å². The first kappa shape index (κ1) is 68.3. The van der Waals surface area contributed by atoms with E-state index in [0.29, 0.717) is 35.0 Å². The Morgan fingerprint density at radius 3 is 1.96 bits per heavy atom. The molecule has 1 aliphatic rings. The summed E-state index contributed by atoms with van der Waals surface area (Å²) in [5, 5.41) is 52.3. The lowest BCUT2D eigenvalue weighted by molar-refractivity contribution is -0.144. The smallest absolute Gasteiger partial charge is 0.328 e. The molecule has 1 saturated heterocycles. The molecule has 11 amide bonds. The Morgan fingerprint density at radius 1 is 0.750 bits per heavy atom. The van der Waals surface area contributed by atoms with Gasteiger partial charge in [-0.05, 0) is 56.6 Å². The highest BCUT2D eigenvalue weighted by atomic mass is 32.1. The number of fused-ring (bicyclic) bond motifs is 1. The van der Waals surface area contributed by atoms with Crippen molar-refractivity contribution in [2.75, 3.05) is 25.4 Å². The highest BCUT2D eigenvalue weighted by Crippen LogP contribution is 2.23. The molecule has 12 atom stereocenters. The van der Waals surface area contributed by atoms with Gasteiger partial charge in [0.2, 0.25) is 65.0 Å². The first-order valence-corrected chi connectivity index (χ1v) is 28.0. The first-order valence-electron chi connectivity index (χ1n) is 27.4. The molecule has 0 bridgehead atoms. The Balaban J connectivity index is 1.52. The average Bonchev–Trinajstić information content (AvgIpc) is 4.46. The number of carboxylic acids is 1. The number of hydrogen-bond donors (Lipinski definition) is 17. The Bertz CT molecular complexity index is 2810. The number of thiol groups is 1. The molecule has 3 aromatic rings. The summed E-state index contributed by atoms with van der Waals surface area (Å²) in [6.07, 6.45) is 2.72. The third-order valence-corrected chi connectivity index (χ3v) is 14.3. The number of nitrogens with one attached hydrogen (secondary N) is 11. The Kier molecular flexibility index (Phi) is 26.5. The maximum absolute atomic E-state index is 14.6. The number of rotatable bonds is 33. The van der Waals surface area contributed by atoms with Gasteiger partial charge >= 0.3 is 5.97 Å². The predicted octanol–water partition coefficient (Wildman–Crippen LogP) is -4.64. The normalized spacial score (nSPS) is 17.0. The topological polar surface area (TPSA) is 474 Å². The molecule has 18 N–H and O–H groups in total. The van der Waals surface area contributed by atoms with Crippen molar-refractivity contribution in [3.05, 3.63) is 54.2 Å². The summed E-state index contributed by atoms with van der Waals surface area (Å²) in [6.45, 7) is 8.00. The van der Waals surface area contributed by atoms with Crippen LogP contribution in [0.25, 0.3) is 10.9 Å². The van der Waals surface area contributed by atoms with Crippen molar-refractivity contribution in [3.8, 4) is 0 Å². The molecule has 0 saturated carbocycles. The lowest BCUT2D eigenvalue weighted by Gasteiger charge is -2.31. The molecule has 0 spiro atoms. The van der Waals surface area contributed by atoms with Gasteiger partial charge in [0.25, 0.3) is 0 Å². The van der Waals surface area contributed by atoms with Crippen LogP contribution in [0.3, 0.4) is 0 Å². The number of imidazole rings is 1. The Labute approximate surface area is 489 Å². The molecular weight excluding hydrogens is 1120 g/mol. The molecule has 1 fully saturated rings. The zero-order valence-electron chi connectivity index (χ0n) is 47.6. The maximum Gasteiger partial charge on any atom is 0.328 e. The van der Waals surface area contributed by atoms with Crippen LogP contribution in [-0.4, -0.2) is 198 Å². The third-order valence-electron chi connectivity index (χ3n) is 14.0. The molecule has 0 aliphatic carbocycles. The molecule has 84 heavy (non-hydrogen) atoms. The van der Waals surface area contributed by atoms with Crippen LogP contribution in [0.5, 0.6) is 0 Å². The number of aliphatic carboxylic acids is 1. The van der Waals surface area contributed by atoms with Crippen molar-refractivity contribution in [1.29, 1.82) is 0 Å². The van der Waals surface area contributed by atoms with Crippen molar-refractivity contribution in [3.63, 3.8) is 0 Å². The molecule has 31 heteroatoms. The second-order valence-corrected chi connectivity index (χ2v) is 21.4. The van der Waals surface area contributed by atoms with E-state index in [0.717, 1.165) is 0 Å². The minimum atomic E-state index is -1.80. The SMILES string of the molecule is CC[C@H](C)[C@H](N)C(=O)N[C@@H](CC(N)=O)C(=O)NCC(=O)N[C@@H](Cc1cnc[nH]1)C(=O)N[C@@H](CS)C(=O)N[C@H](C(=O)N[C@@H](Cc1c[nH]c2ccccc12)C(=O)N[C@@H](CC(C)C)C(=O)N1CCC[C@H]1C(=O)N[C@@H](C)C(=O)N[C@@H](CO)C(=O)O)[C@@H](C)O. The quantitative estimate of drug-likeness (QED) is 0.0255. The van der Waals surface area contributed by atoms with E-state index in [4.69, 9.17) is 11.5 Å². The largest absolute Gasteiger partial charge is 0.480 e. The zero-order chi connectivity index (χ0) is 62.5. The van der Waals surface area contributed by atoms with Crippen molar-refractivity contribution in [1.82, 2.24) is 67.7 Å². The molecule has 0 unspecified atom stereocenters. The minimum Gasteiger partial charge on any atom is -0.480 e. The number of para-hydroxylation sites is 1. The summed E-state index contributed by atoms with van der Waals surface area (Å²) in [4.78, 5) is 171. The molecule has 462 valence electrons. The van der Waals surface area contributed by atoms with Crippen molar-refractivity contribution < 1.29 is 72.9 Å². The highest BCUT2D eigenvalue weighted by molar-refractivity contribution is 7.80. The second-order valence-electron chi connectivity index (χ2n) is 21.0. The highest BCUT2D eigenvalue weighted by Gasteiger charge is 2.41. The summed E-state index contributed by atoms with van der Waals surface area (Å²) in [6, 6.07) is -7.02. The second kappa shape index (κ2) is 32.6. The molecule has 1 aliphatic heterocycles. The fourth-order valence-electron chi connectivity index (χ4n) is 8.99. The number of nitrogens with two attached hydrogens (primary N) is 2. The van der Waals surface area contributed by atoms with Gasteiger partial charge in [0.15, 0.2) is 0 Å². The molecule has 30 nitrogen and oxygen atoms in total. The van der Waals surface area contributed by atoms with Crippen LogP contribution in [0.15, 0.2) is 43.0 Å². The van der Waals surface area contributed by atoms with Gasteiger partial charge < -0.3 is 89.5 Å². The number of nitrogens with zero attached hydrogens (tertiary/aromatic N) is 2. The number of carbonyl (C=O) groups is 12. The van der Waals surface area contributed by atoms with Crippen LogP contribution in [0.1, 0.15) is 84.9 Å². The van der Waals surface area contributed by atoms with Crippen molar-refractivity contribution >= 4 is 94.5 Å². The molecule has 4 rings (SSSR count). The number of aromatic nitrogens is 3. The maximum atomic E-state index is 14.6. The number of aromatic amines is 2. The van der Waals surface area contributed by atoms with Gasteiger partial charge in [0, 0.05) is 54.1 Å². The fraction of sp³-hybridized carbons (Fsp3) is 0.566. The Morgan fingerprint density at radius 2 is 1.37 bits per heavy atom. The third kappa shape index (κ3) is 20.0. The van der Waals surface area contributed by atoms with E-state index in [-0.39, 0.29) is 44.1 Å². The van der Waals surface area contributed by atoms with Gasteiger partial charge in [0.05, 0.1) is 38.0 Å². The van der Waals surface area contributed by atoms with Gasteiger partial charge in [-0.1, -0.05) is 52.3 Å². The van der Waals surface area contributed by atoms with Gasteiger partial charge in [-0.3, -0.25) is 52.7 Å². The van der Waals surface area contributed by atoms with Crippen molar-refractivity contribution in [2.45, 2.75) is 153 Å². The summed E-state index contributed by atoms with van der Waals surface area (Å²) < 4.78 is 0. The predicted molar refractivity (Wildman–Crippen MR) is 304 cm³/mol. The van der Waals surface area contributed by atoms with Crippen LogP contribution < -0.4 is 59.3 Å². The van der Waals surface area contributed by atoms with Gasteiger partial charge in [-0.15, -0.1) is 0 Å². The minimum absolute atomic E-state index is 0.0558. The summed E-state index contributed by atoms with van der Waals surface area (Å²) >= 11 is 4.25. The number of benzene rings is 1. The van der Waals surface area contributed by atoms with E-state index < -0.39 is 163 Å². The summed E-state index contributed by atoms with van der Waals surface area (Å²) in [5.74, 6) is -12.2. The zero-order valence-corrected chi connectivity index (χ0v) is 48.5. The number of primary amides is 1. The van der Waals surface area contributed by atoms with Gasteiger partial charge in [0.1, 0.15) is 54.4 Å². The van der Waals surface area contributed by atoms with Crippen LogP contribution in [0.4, 0.5) is 0 Å². The standard InChI is InChI=1S/C53H79N15O15S/c1-7-26(4)42(55)50(79)62-35(18-40(54)71)45(74)58-21-41(72)61-34(17-30-20-56-24-59-30)47(76)66-38(23-84)48(77)67-43(28(6)70)51(80)63-33(16-29-19-57-32-12-9-8-11-31(29)32)46(75)64-36(15-25(2)3)52(81)68-14-10-13-39(68)49(78)60-27(5)44(73)65-37(22-69)53(82)83/h8-9,11-12,19-20,24-28,33-39,42-43,57,69-70,84H,7,10,13-18,21-23,55H2,1-6H3,(H2,54,71)(H,56,59)(H,58,74)(H,60,78)(H,61,72)(H,62,79)(H,63,80)(H,64,75)(H,65,73)(H,66,76)(H,67,77)(H,82,83)/t26-,27-,28+,33-,34-,35-,36-,37-,38-,39-,42-,43-/m0/s1. The molecule has 2 aromatic heterocycles. The number of amides is 11. The van der Waals surface area contributed by atoms with E-state index >= 15 is 0 Å². The molecular formula is C53H79N15O15S. The number of aliphatic hydroxyl groups is 2. The number of carbonyl (C=O) groups excluding carboxylic acids is 11. The number of aliphatic hydroxyl groups excluding tert-OH is 2. The first-order chi connectivity index (χ1) is 39.7. The molecule has 1 aromatic carbocycles. The van der Waals surface area contributed by atoms with Crippen LogP contribution in [0, 0.1) is 11.8 Å². The number of H-pyrrole nitrogens is 2. The number of likely N-dealkylation sites (tertiary alicyclic amines) is 1. The average molecular weight is 1200 g/mol. The lowest BCUT2D eigenvalue weighted by atomic mass is 9.99. The van der Waals surface area contributed by atoms with Crippen LogP contribution in [-0.2, 0) is 70.4 Å². The lowest BCUT2D eigenvalue weighted by Crippen LogP contribution is -2.62. The summed E-state index contributed by atoms with van der Waals surface area (Å²) in [7, 11) is 0. The van der Waals surface area contributed by atoms with E-state index in [2.05, 4.69) is 75.4 Å². The number of hydrogen-bond acceptors (Lipinski definition) is 17. The van der Waals surface area contributed by atoms with Crippen LogP contribution >= 0.6 is 12.6 Å². The monoisotopic (exact) mass is 1200 g/mol. The Hall–Kier alpha value is -8.16. The van der Waals surface area contributed by atoms with Crippen LogP contribution in [0.2, 0.25) is 0 Å². The van der Waals surface area contributed by atoms with E-state index in [1.54, 1.807) is 58.2 Å². The van der Waals surface area contributed by atoms with Gasteiger partial charge in [-0.2, -0.15) is 12.6 Å². The molecule has 3 heterocycles. The van der Waals surface area contributed by atoms with Crippen molar-refractivity contribution in [2.24, 2.45) is 23.3 Å². The van der Waals surface area contributed by atoms with E-state index in [1.165, 1.54) is 31.3 Å². The van der Waals surface area contributed by atoms with E-state index in [1.807, 2.05) is 0 Å². The van der Waals surface area contributed by atoms with E-state index in [9.17, 15) is 72.9 Å². The summed E-state index contributed by atoms with van der Waals surface area (Å²) in [5.41, 5.74) is 12.9. The number of carboxylic acid groups (broad SMARTS) is 1. The molecule has 0 radical (unpaired) electrons. The fourth-order valence-corrected chi connectivity index (χ4v) is 9.25.